The van der Waals surface area contributed by atoms with Crippen LogP contribution in [0.5, 0.6) is 0 Å². The minimum Gasteiger partial charge on any atom is -0.322 e. The first-order chi connectivity index (χ1) is 10.5. The summed E-state index contributed by atoms with van der Waals surface area (Å²) in [7, 11) is 3.34. The Bertz CT molecular complexity index is 923. The number of imidazole rings is 1. The zero-order chi connectivity index (χ0) is 15.9. The van der Waals surface area contributed by atoms with E-state index < -0.39 is 0 Å². The summed E-state index contributed by atoms with van der Waals surface area (Å²) in [6.45, 7) is 0. The molecule has 0 aliphatic carbocycles. The van der Waals surface area contributed by atoms with Crippen molar-refractivity contribution in [3.63, 3.8) is 0 Å². The molecule has 0 atom stereocenters. The van der Waals surface area contributed by atoms with E-state index in [2.05, 4.69) is 5.32 Å². The van der Waals surface area contributed by atoms with Crippen LogP contribution in [0.2, 0.25) is 0 Å². The number of halogens is 1. The number of amides is 1. The highest BCUT2D eigenvalue weighted by Crippen LogP contribution is 2.16. The molecule has 0 saturated heterocycles. The number of anilines is 1. The smallest absolute Gasteiger partial charge is 0.322 e. The van der Waals surface area contributed by atoms with Crippen LogP contribution < -0.4 is 11.0 Å². The van der Waals surface area contributed by atoms with Crippen molar-refractivity contribution in [2.45, 2.75) is 0 Å². The van der Waals surface area contributed by atoms with Gasteiger partial charge in [-0.05, 0) is 42.5 Å². The van der Waals surface area contributed by atoms with Crippen LogP contribution in [-0.2, 0) is 14.1 Å². The third kappa shape index (κ3) is 2.28. The van der Waals surface area contributed by atoms with Crippen molar-refractivity contribution in [3.05, 3.63) is 64.3 Å². The number of hydrogen-bond donors (Lipinski definition) is 1. The van der Waals surface area contributed by atoms with Gasteiger partial charge in [-0.25, -0.2) is 9.18 Å². The summed E-state index contributed by atoms with van der Waals surface area (Å²) in [4.78, 5) is 24.1. The van der Waals surface area contributed by atoms with Crippen molar-refractivity contribution in [1.29, 1.82) is 0 Å². The van der Waals surface area contributed by atoms with Gasteiger partial charge in [0.15, 0.2) is 0 Å². The summed E-state index contributed by atoms with van der Waals surface area (Å²) < 4.78 is 15.9. The van der Waals surface area contributed by atoms with Gasteiger partial charge < -0.3 is 5.32 Å². The molecule has 2 aromatic carbocycles. The van der Waals surface area contributed by atoms with Crippen LogP contribution >= 0.6 is 0 Å². The number of nitrogens with zero attached hydrogens (tertiary/aromatic N) is 2. The monoisotopic (exact) mass is 299 g/mol. The van der Waals surface area contributed by atoms with Gasteiger partial charge in [-0.2, -0.15) is 0 Å². The lowest BCUT2D eigenvalue weighted by atomic mass is 10.1. The third-order valence-corrected chi connectivity index (χ3v) is 3.64. The van der Waals surface area contributed by atoms with Crippen LogP contribution in [0.4, 0.5) is 10.1 Å². The van der Waals surface area contributed by atoms with Crippen LogP contribution in [0.1, 0.15) is 10.4 Å². The molecular formula is C16H14FN3O2. The molecule has 0 radical (unpaired) electrons. The molecule has 0 aliphatic heterocycles. The average Bonchev–Trinajstić information content (AvgIpc) is 2.74. The molecule has 0 fully saturated rings. The number of aryl methyl sites for hydroxylation is 2. The summed E-state index contributed by atoms with van der Waals surface area (Å²) in [5.74, 6) is -0.677. The van der Waals surface area contributed by atoms with E-state index in [1.807, 2.05) is 0 Å². The maximum atomic E-state index is 12.9. The quantitative estimate of drug-likeness (QED) is 0.789. The number of rotatable bonds is 2. The van der Waals surface area contributed by atoms with E-state index in [-0.39, 0.29) is 17.4 Å². The second-order valence-electron chi connectivity index (χ2n) is 5.07. The Balaban J connectivity index is 1.96. The number of carbonyl (C=O) groups excluding carboxylic acids is 1. The first-order valence-corrected chi connectivity index (χ1v) is 6.70. The van der Waals surface area contributed by atoms with E-state index >= 15 is 0 Å². The zero-order valence-corrected chi connectivity index (χ0v) is 12.1. The molecule has 1 aromatic heterocycles. The third-order valence-electron chi connectivity index (χ3n) is 3.64. The number of benzene rings is 2. The highest BCUT2D eigenvalue weighted by Gasteiger charge is 2.12. The van der Waals surface area contributed by atoms with Crippen LogP contribution in [0.3, 0.4) is 0 Å². The van der Waals surface area contributed by atoms with Crippen molar-refractivity contribution in [2.75, 3.05) is 5.32 Å². The molecular weight excluding hydrogens is 285 g/mol. The van der Waals surface area contributed by atoms with Gasteiger partial charge in [0.2, 0.25) is 0 Å². The Morgan fingerprint density at radius 2 is 1.64 bits per heavy atom. The standard InChI is InChI=1S/C16H14FN3O2/c1-19-13-8-3-10(9-14(13)20(2)16(19)22)15(21)18-12-6-4-11(17)5-7-12/h3-9H,1-2H3,(H,18,21). The summed E-state index contributed by atoms with van der Waals surface area (Å²) in [6.07, 6.45) is 0. The van der Waals surface area contributed by atoms with Crippen molar-refractivity contribution >= 4 is 22.6 Å². The largest absolute Gasteiger partial charge is 0.328 e. The predicted molar refractivity (Wildman–Crippen MR) is 82.5 cm³/mol. The lowest BCUT2D eigenvalue weighted by Gasteiger charge is -2.06. The molecule has 6 heteroatoms. The molecule has 1 N–H and O–H groups in total. The molecule has 0 spiro atoms. The van der Waals surface area contributed by atoms with Crippen LogP contribution in [0.25, 0.3) is 11.0 Å². The Kier molecular flexibility index (Phi) is 3.29. The van der Waals surface area contributed by atoms with Gasteiger partial charge in [0.05, 0.1) is 11.0 Å². The topological polar surface area (TPSA) is 56.0 Å². The molecule has 3 aromatic rings. The lowest BCUT2D eigenvalue weighted by Crippen LogP contribution is -2.19. The molecule has 5 nitrogen and oxygen atoms in total. The van der Waals surface area contributed by atoms with E-state index in [0.29, 0.717) is 16.8 Å². The molecule has 1 amide bonds. The Morgan fingerprint density at radius 1 is 1.00 bits per heavy atom. The molecule has 0 saturated carbocycles. The summed E-state index contributed by atoms with van der Waals surface area (Å²) in [6, 6.07) is 10.6. The second-order valence-corrected chi connectivity index (χ2v) is 5.07. The van der Waals surface area contributed by atoms with Gasteiger partial charge >= 0.3 is 5.69 Å². The lowest BCUT2D eigenvalue weighted by molar-refractivity contribution is 0.102. The first-order valence-electron chi connectivity index (χ1n) is 6.70. The molecule has 112 valence electrons. The molecule has 0 bridgehead atoms. The number of fused-ring (bicyclic) bond motifs is 1. The zero-order valence-electron chi connectivity index (χ0n) is 12.1. The van der Waals surface area contributed by atoms with E-state index in [1.165, 1.54) is 33.4 Å². The molecule has 1 heterocycles. The van der Waals surface area contributed by atoms with Crippen LogP contribution in [0.15, 0.2) is 47.3 Å². The second kappa shape index (κ2) is 5.14. The van der Waals surface area contributed by atoms with Crippen LogP contribution in [0, 0.1) is 5.82 Å². The van der Waals surface area contributed by atoms with E-state index in [9.17, 15) is 14.0 Å². The molecule has 0 unspecified atom stereocenters. The fourth-order valence-corrected chi connectivity index (χ4v) is 2.38. The minimum absolute atomic E-state index is 0.147. The average molecular weight is 299 g/mol. The van der Waals surface area contributed by atoms with Crippen LogP contribution in [-0.4, -0.2) is 15.0 Å². The highest BCUT2D eigenvalue weighted by molar-refractivity contribution is 6.05. The maximum absolute atomic E-state index is 12.9. The summed E-state index contributed by atoms with van der Waals surface area (Å²) in [5.41, 5.74) is 2.22. The van der Waals surface area contributed by atoms with E-state index in [1.54, 1.807) is 32.3 Å². The highest BCUT2D eigenvalue weighted by atomic mass is 19.1. The van der Waals surface area contributed by atoms with Gasteiger partial charge in [0.1, 0.15) is 5.82 Å². The first kappa shape index (κ1) is 14.1. The molecule has 0 aliphatic rings. The molecule has 22 heavy (non-hydrogen) atoms. The van der Waals surface area contributed by atoms with Gasteiger partial charge in [-0.1, -0.05) is 0 Å². The number of aromatic nitrogens is 2. The van der Waals surface area contributed by atoms with E-state index in [4.69, 9.17) is 0 Å². The fraction of sp³-hybridized carbons (Fsp3) is 0.125. The van der Waals surface area contributed by atoms with Gasteiger partial charge in [0.25, 0.3) is 5.91 Å². The Hall–Kier alpha value is -2.89. The Morgan fingerprint density at radius 3 is 2.32 bits per heavy atom. The SMILES string of the molecule is Cn1c(=O)n(C)c2cc(C(=O)Nc3ccc(F)cc3)ccc21. The van der Waals surface area contributed by atoms with Crippen molar-refractivity contribution in [3.8, 4) is 0 Å². The fourth-order valence-electron chi connectivity index (χ4n) is 2.38. The number of carbonyl (C=O) groups is 1. The minimum atomic E-state index is -0.362. The van der Waals surface area contributed by atoms with Gasteiger partial charge in [-0.3, -0.25) is 13.9 Å². The Labute approximate surface area is 125 Å². The summed E-state index contributed by atoms with van der Waals surface area (Å²) in [5, 5.41) is 2.69. The van der Waals surface area contributed by atoms with Gasteiger partial charge in [-0.15, -0.1) is 0 Å². The van der Waals surface area contributed by atoms with Crippen molar-refractivity contribution in [1.82, 2.24) is 9.13 Å². The van der Waals surface area contributed by atoms with Crippen molar-refractivity contribution in [2.24, 2.45) is 14.1 Å². The van der Waals surface area contributed by atoms with Crippen molar-refractivity contribution < 1.29 is 9.18 Å². The predicted octanol–water partition coefficient (Wildman–Crippen LogP) is 2.27. The van der Waals surface area contributed by atoms with Gasteiger partial charge in [0, 0.05) is 25.3 Å². The maximum Gasteiger partial charge on any atom is 0.328 e. The van der Waals surface area contributed by atoms with E-state index in [0.717, 1.165) is 5.52 Å². The normalized spacial score (nSPS) is 10.9. The number of hydrogen-bond acceptors (Lipinski definition) is 2. The molecule has 3 rings (SSSR count). The number of nitrogens with one attached hydrogen (secondary N) is 1. The summed E-state index contributed by atoms with van der Waals surface area (Å²) >= 11 is 0.